The van der Waals surface area contributed by atoms with E-state index in [0.29, 0.717) is 29.2 Å². The van der Waals surface area contributed by atoms with Crippen molar-refractivity contribution in [2.24, 2.45) is 0 Å². The van der Waals surface area contributed by atoms with Gasteiger partial charge in [0.2, 0.25) is 5.91 Å². The van der Waals surface area contributed by atoms with Crippen LogP contribution in [0.2, 0.25) is 10.0 Å². The number of carbonyl (C=O) groups excluding carboxylic acids is 1. The molecular formula is C22H22Cl2N4OS. The van der Waals surface area contributed by atoms with Gasteiger partial charge in [0.1, 0.15) is 5.82 Å². The molecule has 1 N–H and O–H groups in total. The molecule has 0 bridgehead atoms. The Morgan fingerprint density at radius 1 is 1.07 bits per heavy atom. The van der Waals surface area contributed by atoms with Crippen molar-refractivity contribution in [1.29, 1.82) is 0 Å². The predicted molar refractivity (Wildman–Crippen MR) is 121 cm³/mol. The molecule has 0 unspecified atom stereocenters. The molecule has 1 heterocycles. The van der Waals surface area contributed by atoms with Crippen molar-refractivity contribution in [3.05, 3.63) is 75.5 Å². The normalized spacial score (nSPS) is 17.7. The summed E-state index contributed by atoms with van der Waals surface area (Å²) in [6.07, 6.45) is 1.06. The second kappa shape index (κ2) is 9.41. The fourth-order valence-electron chi connectivity index (χ4n) is 3.52. The van der Waals surface area contributed by atoms with Crippen molar-refractivity contribution in [2.75, 3.05) is 5.75 Å². The van der Waals surface area contributed by atoms with Crippen LogP contribution in [0.1, 0.15) is 42.1 Å². The molecule has 4 rings (SSSR count). The number of halogens is 2. The van der Waals surface area contributed by atoms with E-state index in [1.807, 2.05) is 36.4 Å². The van der Waals surface area contributed by atoms with Crippen LogP contribution in [0.25, 0.3) is 0 Å². The lowest BCUT2D eigenvalue weighted by Crippen LogP contribution is -2.24. The molecule has 1 aliphatic rings. The highest BCUT2D eigenvalue weighted by molar-refractivity contribution is 7.99. The van der Waals surface area contributed by atoms with Crippen LogP contribution in [0, 0.1) is 0 Å². The number of benzene rings is 2. The van der Waals surface area contributed by atoms with Crippen molar-refractivity contribution in [3.8, 4) is 0 Å². The average Bonchev–Trinajstić information content (AvgIpc) is 3.44. The monoisotopic (exact) mass is 460 g/mol. The van der Waals surface area contributed by atoms with Gasteiger partial charge in [-0.25, -0.2) is 0 Å². The largest absolute Gasteiger partial charge is 0.351 e. The molecule has 0 radical (unpaired) electrons. The molecule has 156 valence electrons. The second-order valence-electron chi connectivity index (χ2n) is 7.28. The van der Waals surface area contributed by atoms with Crippen LogP contribution in [-0.2, 0) is 17.9 Å². The molecule has 1 aromatic heterocycles. The number of rotatable bonds is 8. The summed E-state index contributed by atoms with van der Waals surface area (Å²) >= 11 is 13.3. The Morgan fingerprint density at radius 3 is 2.40 bits per heavy atom. The highest BCUT2D eigenvalue weighted by Crippen LogP contribution is 2.54. The highest BCUT2D eigenvalue weighted by atomic mass is 35.5. The third-order valence-corrected chi connectivity index (χ3v) is 6.69. The fraction of sp³-hybridized carbons (Fsp3) is 0.318. The van der Waals surface area contributed by atoms with E-state index >= 15 is 0 Å². The van der Waals surface area contributed by atoms with Crippen LogP contribution >= 0.6 is 35.0 Å². The lowest BCUT2D eigenvalue weighted by atomic mass is 10.1. The molecule has 1 fully saturated rings. The van der Waals surface area contributed by atoms with Gasteiger partial charge in [-0.05, 0) is 54.7 Å². The quantitative estimate of drug-likeness (QED) is 0.464. The molecule has 5 nitrogen and oxygen atoms in total. The summed E-state index contributed by atoms with van der Waals surface area (Å²) in [7, 11) is 0. The van der Waals surface area contributed by atoms with E-state index in [9.17, 15) is 4.79 Å². The number of nitrogens with zero attached hydrogens (tertiary/aromatic N) is 3. The van der Waals surface area contributed by atoms with Gasteiger partial charge in [-0.15, -0.1) is 10.2 Å². The SMILES string of the molecule is CCn1c(SCC(=O)NCc2ccc(Cl)cc2)nnc1[C@H]1C[C@H]1c1ccc(Cl)cc1. The Kier molecular flexibility index (Phi) is 6.66. The zero-order valence-corrected chi connectivity index (χ0v) is 18.8. The fourth-order valence-corrected chi connectivity index (χ4v) is 4.61. The second-order valence-corrected chi connectivity index (χ2v) is 9.09. The Bertz CT molecular complexity index is 1020. The van der Waals surface area contributed by atoms with Gasteiger partial charge in [0.15, 0.2) is 5.16 Å². The smallest absolute Gasteiger partial charge is 0.230 e. The van der Waals surface area contributed by atoms with Gasteiger partial charge in [-0.1, -0.05) is 59.2 Å². The Hall–Kier alpha value is -2.02. The number of hydrogen-bond acceptors (Lipinski definition) is 4. The third-order valence-electron chi connectivity index (χ3n) is 5.22. The number of aromatic nitrogens is 3. The van der Waals surface area contributed by atoms with Crippen molar-refractivity contribution in [1.82, 2.24) is 20.1 Å². The third kappa shape index (κ3) is 4.99. The molecule has 3 aromatic rings. The number of amides is 1. The van der Waals surface area contributed by atoms with Gasteiger partial charge in [-0.3, -0.25) is 4.79 Å². The molecule has 1 saturated carbocycles. The van der Waals surface area contributed by atoms with Gasteiger partial charge in [0.25, 0.3) is 0 Å². The summed E-state index contributed by atoms with van der Waals surface area (Å²) in [5.74, 6) is 2.09. The Balaban J connectivity index is 1.33. The first-order valence-corrected chi connectivity index (χ1v) is 11.6. The molecule has 0 saturated heterocycles. The molecule has 8 heteroatoms. The lowest BCUT2D eigenvalue weighted by Gasteiger charge is -2.08. The van der Waals surface area contributed by atoms with E-state index in [-0.39, 0.29) is 5.91 Å². The number of hydrogen-bond donors (Lipinski definition) is 1. The van der Waals surface area contributed by atoms with E-state index < -0.39 is 0 Å². The maximum Gasteiger partial charge on any atom is 0.230 e. The minimum Gasteiger partial charge on any atom is -0.351 e. The molecule has 1 amide bonds. The Morgan fingerprint density at radius 2 is 1.73 bits per heavy atom. The summed E-state index contributed by atoms with van der Waals surface area (Å²) in [6.45, 7) is 3.34. The minimum atomic E-state index is -0.0346. The standard InChI is InChI=1S/C22H22Cl2N4OS/c1-2-28-21(19-11-18(19)15-5-9-17(24)10-6-15)26-27-22(28)30-13-20(29)25-12-14-3-7-16(23)8-4-14/h3-10,18-19H,2,11-13H2,1H3,(H,25,29)/t18-,19-/m0/s1. The van der Waals surface area contributed by atoms with Crippen molar-refractivity contribution in [2.45, 2.75) is 43.4 Å². The van der Waals surface area contributed by atoms with Crippen molar-refractivity contribution < 1.29 is 4.79 Å². The van der Waals surface area contributed by atoms with Crippen LogP contribution in [0.4, 0.5) is 0 Å². The average molecular weight is 461 g/mol. The Labute approximate surface area is 190 Å². The van der Waals surface area contributed by atoms with Crippen LogP contribution in [0.5, 0.6) is 0 Å². The molecule has 1 aliphatic carbocycles. The maximum absolute atomic E-state index is 12.2. The van der Waals surface area contributed by atoms with Crippen LogP contribution in [-0.4, -0.2) is 26.4 Å². The lowest BCUT2D eigenvalue weighted by molar-refractivity contribution is -0.118. The number of nitrogens with one attached hydrogen (secondary N) is 1. The molecule has 2 atom stereocenters. The van der Waals surface area contributed by atoms with Gasteiger partial charge in [0.05, 0.1) is 5.75 Å². The van der Waals surface area contributed by atoms with E-state index in [1.54, 1.807) is 0 Å². The van der Waals surface area contributed by atoms with E-state index in [2.05, 4.69) is 39.1 Å². The summed E-state index contributed by atoms with van der Waals surface area (Å²) in [4.78, 5) is 12.2. The first kappa shape index (κ1) is 21.2. The zero-order valence-electron chi connectivity index (χ0n) is 16.5. The predicted octanol–water partition coefficient (Wildman–Crippen LogP) is 5.28. The number of thioether (sulfide) groups is 1. The summed E-state index contributed by atoms with van der Waals surface area (Å²) < 4.78 is 2.12. The first-order valence-electron chi connectivity index (χ1n) is 9.87. The van der Waals surface area contributed by atoms with Gasteiger partial charge in [0, 0.05) is 29.1 Å². The summed E-state index contributed by atoms with van der Waals surface area (Å²) in [5, 5.41) is 13.9. The number of carbonyl (C=O) groups is 1. The van der Waals surface area contributed by atoms with E-state index in [1.165, 1.54) is 17.3 Å². The molecule has 0 spiro atoms. The highest BCUT2D eigenvalue weighted by Gasteiger charge is 2.43. The van der Waals surface area contributed by atoms with E-state index in [0.717, 1.165) is 34.5 Å². The molecule has 0 aliphatic heterocycles. The molecule has 30 heavy (non-hydrogen) atoms. The minimum absolute atomic E-state index is 0.0346. The summed E-state index contributed by atoms with van der Waals surface area (Å²) in [5.41, 5.74) is 2.30. The van der Waals surface area contributed by atoms with Gasteiger partial charge < -0.3 is 9.88 Å². The topological polar surface area (TPSA) is 59.8 Å². The first-order chi connectivity index (χ1) is 14.5. The van der Waals surface area contributed by atoms with E-state index in [4.69, 9.17) is 23.2 Å². The molecule has 2 aromatic carbocycles. The van der Waals surface area contributed by atoms with Gasteiger partial charge >= 0.3 is 0 Å². The van der Waals surface area contributed by atoms with Gasteiger partial charge in [-0.2, -0.15) is 0 Å². The van der Waals surface area contributed by atoms with Crippen LogP contribution < -0.4 is 5.32 Å². The zero-order chi connectivity index (χ0) is 21.1. The van der Waals surface area contributed by atoms with Crippen LogP contribution in [0.15, 0.2) is 53.7 Å². The molecular weight excluding hydrogens is 439 g/mol. The maximum atomic E-state index is 12.2. The van der Waals surface area contributed by atoms with Crippen LogP contribution in [0.3, 0.4) is 0 Å². The van der Waals surface area contributed by atoms with Crippen molar-refractivity contribution in [3.63, 3.8) is 0 Å². The van der Waals surface area contributed by atoms with Crippen molar-refractivity contribution >= 4 is 40.9 Å². The summed E-state index contributed by atoms with van der Waals surface area (Å²) in [6, 6.07) is 15.5.